The number of nitrogens with zero attached hydrogens (tertiary/aromatic N) is 1. The lowest BCUT2D eigenvalue weighted by atomic mass is 9.95. The first-order valence-electron chi connectivity index (χ1n) is 6.63. The summed E-state index contributed by atoms with van der Waals surface area (Å²) in [6.07, 6.45) is 2.84. The molecule has 0 aromatic heterocycles. The summed E-state index contributed by atoms with van der Waals surface area (Å²) in [4.78, 5) is 2.75. The molecule has 0 aliphatic carbocycles. The van der Waals surface area contributed by atoms with E-state index in [0.717, 1.165) is 23.8 Å². The number of nitrogens with one attached hydrogen (secondary N) is 1. The van der Waals surface area contributed by atoms with Gasteiger partial charge in [-0.3, -0.25) is 4.90 Å². The summed E-state index contributed by atoms with van der Waals surface area (Å²) in [5.74, 6) is 2.60. The van der Waals surface area contributed by atoms with Gasteiger partial charge in [0.05, 0.1) is 0 Å². The first kappa shape index (κ1) is 11.4. The van der Waals surface area contributed by atoms with Crippen LogP contribution in [0.4, 0.5) is 0 Å². The van der Waals surface area contributed by atoms with Crippen LogP contribution in [0, 0.1) is 17.8 Å². The molecule has 2 fully saturated rings. The molecular formula is C13H26N2. The lowest BCUT2D eigenvalue weighted by Gasteiger charge is -2.30. The van der Waals surface area contributed by atoms with Gasteiger partial charge in [-0.25, -0.2) is 0 Å². The Morgan fingerprint density at radius 1 is 1.33 bits per heavy atom. The molecule has 0 radical (unpaired) electrons. The largest absolute Gasteiger partial charge is 0.316 e. The Balaban J connectivity index is 1.87. The van der Waals surface area contributed by atoms with E-state index in [-0.39, 0.29) is 0 Å². The number of hydrogen-bond acceptors (Lipinski definition) is 2. The summed E-state index contributed by atoms with van der Waals surface area (Å²) >= 11 is 0. The topological polar surface area (TPSA) is 15.3 Å². The predicted molar refractivity (Wildman–Crippen MR) is 65.0 cm³/mol. The fourth-order valence-electron chi connectivity index (χ4n) is 3.24. The van der Waals surface area contributed by atoms with Crippen LogP contribution in [0.15, 0.2) is 0 Å². The molecule has 2 aliphatic rings. The van der Waals surface area contributed by atoms with Crippen molar-refractivity contribution in [3.8, 4) is 0 Å². The number of rotatable bonds is 3. The first-order chi connectivity index (χ1) is 7.18. The molecule has 2 aliphatic heterocycles. The van der Waals surface area contributed by atoms with Crippen LogP contribution in [0.5, 0.6) is 0 Å². The summed E-state index contributed by atoms with van der Waals surface area (Å²) in [5.41, 5.74) is 0. The molecule has 0 aromatic carbocycles. The van der Waals surface area contributed by atoms with Gasteiger partial charge in [0.2, 0.25) is 0 Å². The van der Waals surface area contributed by atoms with Crippen LogP contribution in [-0.2, 0) is 0 Å². The molecule has 1 N–H and O–H groups in total. The molecule has 88 valence electrons. The van der Waals surface area contributed by atoms with Gasteiger partial charge in [0, 0.05) is 12.6 Å². The zero-order valence-corrected chi connectivity index (χ0v) is 10.5. The van der Waals surface area contributed by atoms with Crippen molar-refractivity contribution in [1.82, 2.24) is 10.2 Å². The monoisotopic (exact) mass is 210 g/mol. The van der Waals surface area contributed by atoms with Crippen LogP contribution in [0.25, 0.3) is 0 Å². The van der Waals surface area contributed by atoms with Crippen LogP contribution < -0.4 is 5.32 Å². The van der Waals surface area contributed by atoms with Crippen LogP contribution in [0.3, 0.4) is 0 Å². The number of hydrogen-bond donors (Lipinski definition) is 1. The van der Waals surface area contributed by atoms with Gasteiger partial charge in [-0.2, -0.15) is 0 Å². The second-order valence-corrected chi connectivity index (χ2v) is 5.84. The van der Waals surface area contributed by atoms with E-state index < -0.39 is 0 Å². The van der Waals surface area contributed by atoms with Gasteiger partial charge < -0.3 is 5.32 Å². The molecule has 3 unspecified atom stereocenters. The van der Waals surface area contributed by atoms with E-state index in [2.05, 4.69) is 31.0 Å². The standard InChI is InChI=1S/C13H26N2/c1-10(2)13-5-4-6-15(13)9-12-8-14-7-11(12)3/h10-14H,4-9H2,1-3H3. The molecular weight excluding hydrogens is 184 g/mol. The highest BCUT2D eigenvalue weighted by atomic mass is 15.2. The first-order valence-corrected chi connectivity index (χ1v) is 6.63. The molecule has 2 saturated heterocycles. The van der Waals surface area contributed by atoms with Crippen molar-refractivity contribution in [3.05, 3.63) is 0 Å². The third kappa shape index (κ3) is 2.54. The third-order valence-electron chi connectivity index (χ3n) is 4.33. The summed E-state index contributed by atoms with van der Waals surface area (Å²) < 4.78 is 0. The van der Waals surface area contributed by atoms with Crippen molar-refractivity contribution in [2.24, 2.45) is 17.8 Å². The van der Waals surface area contributed by atoms with E-state index in [9.17, 15) is 0 Å². The van der Waals surface area contributed by atoms with E-state index in [1.807, 2.05) is 0 Å². The SMILES string of the molecule is CC(C)C1CCCN1CC1CNCC1C. The molecule has 2 heteroatoms. The van der Waals surface area contributed by atoms with Crippen molar-refractivity contribution < 1.29 is 0 Å². The maximum atomic E-state index is 3.51. The smallest absolute Gasteiger partial charge is 0.0119 e. The highest BCUT2D eigenvalue weighted by molar-refractivity contribution is 4.87. The second-order valence-electron chi connectivity index (χ2n) is 5.84. The molecule has 0 bridgehead atoms. The minimum absolute atomic E-state index is 0.831. The van der Waals surface area contributed by atoms with Gasteiger partial charge in [0.25, 0.3) is 0 Å². The average molecular weight is 210 g/mol. The van der Waals surface area contributed by atoms with Crippen LogP contribution in [0.2, 0.25) is 0 Å². The molecule has 0 spiro atoms. The summed E-state index contributed by atoms with van der Waals surface area (Å²) in [7, 11) is 0. The fraction of sp³-hybridized carbons (Fsp3) is 1.00. The van der Waals surface area contributed by atoms with E-state index in [1.54, 1.807) is 0 Å². The summed E-state index contributed by atoms with van der Waals surface area (Å²) in [6, 6.07) is 0.859. The lowest BCUT2D eigenvalue weighted by molar-refractivity contribution is 0.169. The zero-order valence-electron chi connectivity index (χ0n) is 10.5. The van der Waals surface area contributed by atoms with Crippen molar-refractivity contribution in [1.29, 1.82) is 0 Å². The van der Waals surface area contributed by atoms with Gasteiger partial charge >= 0.3 is 0 Å². The second kappa shape index (κ2) is 4.84. The Morgan fingerprint density at radius 2 is 2.13 bits per heavy atom. The molecule has 0 amide bonds. The minimum Gasteiger partial charge on any atom is -0.316 e. The van der Waals surface area contributed by atoms with Crippen LogP contribution >= 0.6 is 0 Å². The molecule has 2 heterocycles. The maximum absolute atomic E-state index is 3.51. The Hall–Kier alpha value is -0.0800. The van der Waals surface area contributed by atoms with Gasteiger partial charge in [0.1, 0.15) is 0 Å². The van der Waals surface area contributed by atoms with E-state index >= 15 is 0 Å². The molecule has 15 heavy (non-hydrogen) atoms. The minimum atomic E-state index is 0.831. The highest BCUT2D eigenvalue weighted by Crippen LogP contribution is 2.27. The average Bonchev–Trinajstić information content (AvgIpc) is 2.77. The normalized spacial score (nSPS) is 38.0. The van der Waals surface area contributed by atoms with Crippen molar-refractivity contribution in [2.45, 2.75) is 39.7 Å². The van der Waals surface area contributed by atoms with Crippen LogP contribution in [0.1, 0.15) is 33.6 Å². The van der Waals surface area contributed by atoms with Gasteiger partial charge in [-0.05, 0) is 50.2 Å². The fourth-order valence-corrected chi connectivity index (χ4v) is 3.24. The van der Waals surface area contributed by atoms with Gasteiger partial charge in [0.15, 0.2) is 0 Å². The van der Waals surface area contributed by atoms with E-state index in [1.165, 1.54) is 39.0 Å². The summed E-state index contributed by atoms with van der Waals surface area (Å²) in [6.45, 7) is 12.3. The Labute approximate surface area is 94.4 Å². The van der Waals surface area contributed by atoms with Crippen molar-refractivity contribution in [2.75, 3.05) is 26.2 Å². The zero-order chi connectivity index (χ0) is 10.8. The molecule has 2 rings (SSSR count). The maximum Gasteiger partial charge on any atom is 0.0119 e. The lowest BCUT2D eigenvalue weighted by Crippen LogP contribution is -2.38. The predicted octanol–water partition coefficient (Wildman–Crippen LogP) is 1.96. The Kier molecular flexibility index (Phi) is 3.68. The third-order valence-corrected chi connectivity index (χ3v) is 4.33. The Morgan fingerprint density at radius 3 is 2.73 bits per heavy atom. The quantitative estimate of drug-likeness (QED) is 0.766. The van der Waals surface area contributed by atoms with Gasteiger partial charge in [-0.15, -0.1) is 0 Å². The van der Waals surface area contributed by atoms with Crippen molar-refractivity contribution >= 4 is 0 Å². The summed E-state index contributed by atoms with van der Waals surface area (Å²) in [5, 5.41) is 3.51. The molecule has 0 saturated carbocycles. The molecule has 0 aromatic rings. The van der Waals surface area contributed by atoms with Gasteiger partial charge in [-0.1, -0.05) is 20.8 Å². The molecule has 2 nitrogen and oxygen atoms in total. The van der Waals surface area contributed by atoms with Crippen molar-refractivity contribution in [3.63, 3.8) is 0 Å². The van der Waals surface area contributed by atoms with Crippen LogP contribution in [-0.4, -0.2) is 37.1 Å². The van der Waals surface area contributed by atoms with E-state index in [4.69, 9.17) is 0 Å². The highest BCUT2D eigenvalue weighted by Gasteiger charge is 2.31. The van der Waals surface area contributed by atoms with E-state index in [0.29, 0.717) is 0 Å². The number of likely N-dealkylation sites (tertiary alicyclic amines) is 1. The Bertz CT molecular complexity index is 203. The molecule has 3 atom stereocenters.